The molecular weight excluding hydrogens is 470 g/mol. The molecule has 2 aliphatic heterocycles. The van der Waals surface area contributed by atoms with Gasteiger partial charge in [-0.25, -0.2) is 13.9 Å². The number of aliphatic hydroxyl groups excluding tert-OH is 1. The highest BCUT2D eigenvalue weighted by Crippen LogP contribution is 2.57. The molecule has 2 amide bonds. The fourth-order valence-corrected chi connectivity index (χ4v) is 4.57. The number of amides is 2. The fraction of sp³-hybridized carbons (Fsp3) is 0.769. The molecule has 0 aromatic carbocycles. The summed E-state index contributed by atoms with van der Waals surface area (Å²) in [6, 6.07) is -0.790. The first-order chi connectivity index (χ1) is 14.2. The van der Waals surface area contributed by atoms with Crippen LogP contribution < -0.4 is 5.32 Å². The Morgan fingerprint density at radius 3 is 2.26 bits per heavy atom. The van der Waals surface area contributed by atoms with Gasteiger partial charge in [0.15, 0.2) is 18.4 Å². The van der Waals surface area contributed by atoms with Crippen molar-refractivity contribution in [3.8, 4) is 0 Å². The van der Waals surface area contributed by atoms with Crippen molar-refractivity contribution in [2.24, 2.45) is 0 Å². The monoisotopic (exact) mass is 492 g/mol. The molecule has 2 aliphatic rings. The maximum atomic E-state index is 12.2. The molecule has 5 N–H and O–H groups in total. The molecule has 0 aliphatic carbocycles. The van der Waals surface area contributed by atoms with Crippen LogP contribution in [0.5, 0.6) is 0 Å². The number of hydrogen-bond donors (Lipinski definition) is 5. The Bertz CT molecular complexity index is 801. The van der Waals surface area contributed by atoms with Gasteiger partial charge in [0.25, 0.3) is 0 Å². The maximum Gasteiger partial charge on any atom is 0.481 e. The lowest BCUT2D eigenvalue weighted by Gasteiger charge is -2.36. The molecule has 18 heteroatoms. The zero-order valence-corrected chi connectivity index (χ0v) is 18.0. The first-order valence-corrected chi connectivity index (χ1v) is 11.7. The summed E-state index contributed by atoms with van der Waals surface area (Å²) in [5, 5.41) is 11.8. The summed E-state index contributed by atoms with van der Waals surface area (Å²) in [6.45, 7) is 1.11. The van der Waals surface area contributed by atoms with E-state index in [4.69, 9.17) is 24.0 Å². The first kappa shape index (κ1) is 25.6. The molecule has 2 unspecified atom stereocenters. The highest BCUT2D eigenvalue weighted by molar-refractivity contribution is 7.60. The van der Waals surface area contributed by atoms with Crippen LogP contribution in [0.15, 0.2) is 0 Å². The summed E-state index contributed by atoms with van der Waals surface area (Å²) in [5.41, 5.74) is 0. The van der Waals surface area contributed by atoms with Crippen molar-refractivity contribution in [3.63, 3.8) is 0 Å². The van der Waals surface area contributed by atoms with Gasteiger partial charge in [-0.15, -0.1) is 0 Å². The van der Waals surface area contributed by atoms with Crippen molar-refractivity contribution in [2.45, 2.75) is 51.0 Å². The van der Waals surface area contributed by atoms with Crippen LogP contribution in [-0.4, -0.2) is 86.6 Å². The summed E-state index contributed by atoms with van der Waals surface area (Å²) in [7, 11) is -10.6. The summed E-state index contributed by atoms with van der Waals surface area (Å²) >= 11 is 0. The van der Waals surface area contributed by atoms with E-state index in [1.165, 1.54) is 0 Å². The lowest BCUT2D eigenvalue weighted by molar-refractivity contribution is -0.167. The van der Waals surface area contributed by atoms with Gasteiger partial charge in [0.1, 0.15) is 12.3 Å². The smallest absolute Gasteiger partial charge is 0.456 e. The van der Waals surface area contributed by atoms with Crippen molar-refractivity contribution in [1.82, 2.24) is 10.2 Å². The topological polar surface area (TPSA) is 228 Å². The summed E-state index contributed by atoms with van der Waals surface area (Å²) < 4.78 is 46.5. The zero-order chi connectivity index (χ0) is 23.6. The summed E-state index contributed by atoms with van der Waals surface area (Å²) in [6.07, 6.45) is -6.63. The number of phosphoric ester groups is 1. The van der Waals surface area contributed by atoms with Crippen LogP contribution in [0, 0.1) is 0 Å². The van der Waals surface area contributed by atoms with Crippen molar-refractivity contribution < 1.29 is 66.3 Å². The molecule has 6 atom stereocenters. The number of hydrogen-bond acceptors (Lipinski definition) is 11. The Labute approximate surface area is 175 Å². The molecule has 0 aromatic rings. The van der Waals surface area contributed by atoms with Crippen LogP contribution in [0.2, 0.25) is 0 Å². The van der Waals surface area contributed by atoms with Gasteiger partial charge in [-0.05, 0) is 0 Å². The second-order valence-corrected chi connectivity index (χ2v) is 9.33. The zero-order valence-electron chi connectivity index (χ0n) is 16.2. The van der Waals surface area contributed by atoms with E-state index in [-0.39, 0.29) is 13.0 Å². The number of rotatable bonds is 8. The Morgan fingerprint density at radius 2 is 1.74 bits per heavy atom. The van der Waals surface area contributed by atoms with Gasteiger partial charge in [-0.3, -0.25) is 19.0 Å². The van der Waals surface area contributed by atoms with E-state index in [0.717, 1.165) is 18.7 Å². The van der Waals surface area contributed by atoms with Gasteiger partial charge in [-0.2, -0.15) is 4.31 Å². The van der Waals surface area contributed by atoms with Crippen LogP contribution in [-0.2, 0) is 41.8 Å². The van der Waals surface area contributed by atoms with Crippen LogP contribution in [0.4, 0.5) is 4.79 Å². The van der Waals surface area contributed by atoms with E-state index >= 15 is 0 Å². The number of carbonyl (C=O) groups excluding carboxylic acids is 3. The largest absolute Gasteiger partial charge is 0.481 e. The number of urea groups is 1. The number of carbonyl (C=O) groups is 3. The average Bonchev–Trinajstić information content (AvgIpc) is 2.87. The lowest BCUT2D eigenvalue weighted by Crippen LogP contribution is -2.58. The number of aliphatic hydroxyl groups is 1. The van der Waals surface area contributed by atoms with Gasteiger partial charge >= 0.3 is 33.6 Å². The normalized spacial score (nSPS) is 31.0. The van der Waals surface area contributed by atoms with E-state index in [0.29, 0.717) is 0 Å². The predicted molar refractivity (Wildman–Crippen MR) is 94.5 cm³/mol. The molecule has 0 saturated carbocycles. The Hall–Kier alpha value is -1.61. The Morgan fingerprint density at radius 1 is 1.16 bits per heavy atom. The minimum atomic E-state index is -5.38. The molecule has 16 nitrogen and oxygen atoms in total. The molecule has 2 fully saturated rings. The van der Waals surface area contributed by atoms with Gasteiger partial charge in [0.2, 0.25) is 0 Å². The number of esters is 2. The molecule has 0 radical (unpaired) electrons. The second kappa shape index (κ2) is 9.90. The van der Waals surface area contributed by atoms with Gasteiger partial charge in [-0.1, -0.05) is 0 Å². The van der Waals surface area contributed by atoms with Gasteiger partial charge < -0.3 is 39.3 Å². The van der Waals surface area contributed by atoms with E-state index in [1.54, 1.807) is 0 Å². The quantitative estimate of drug-likeness (QED) is 0.193. The molecule has 2 heterocycles. The number of ether oxygens (including phenoxy) is 3. The molecule has 0 aromatic heterocycles. The van der Waals surface area contributed by atoms with Gasteiger partial charge in [0, 0.05) is 26.8 Å². The van der Waals surface area contributed by atoms with E-state index < -0.39 is 71.0 Å². The predicted octanol–water partition coefficient (Wildman–Crippen LogP) is -1.47. The first-order valence-electron chi connectivity index (χ1n) is 8.68. The van der Waals surface area contributed by atoms with Crippen molar-refractivity contribution in [3.05, 3.63) is 0 Å². The van der Waals surface area contributed by atoms with Crippen molar-refractivity contribution in [1.29, 1.82) is 0 Å². The standard InChI is InChI=1S/C13H22N2O14P2/c1-6(16)26-10-8(5-25-31(23,24)29-30(20,21)22)28-12(11(10)27-7(2)17)15-4-3-9(18)14-13(15)19/h8-12,18H,3-5H2,1-2H3,(H,14,19)(H,23,24)(H2,20,21,22)/t8-,9?,10-,11-,12-/m1/s1. The Balaban J connectivity index is 2.26. The maximum absolute atomic E-state index is 12.2. The lowest BCUT2D eigenvalue weighted by atomic mass is 10.1. The van der Waals surface area contributed by atoms with E-state index in [2.05, 4.69) is 14.2 Å². The highest BCUT2D eigenvalue weighted by atomic mass is 31.3. The van der Waals surface area contributed by atoms with Crippen LogP contribution in [0.1, 0.15) is 20.3 Å². The molecule has 2 rings (SSSR count). The molecule has 0 spiro atoms. The van der Waals surface area contributed by atoms with Crippen LogP contribution >= 0.6 is 15.6 Å². The molecular formula is C13H22N2O14P2. The fourth-order valence-electron chi connectivity index (χ4n) is 2.97. The summed E-state index contributed by atoms with van der Waals surface area (Å²) in [5.74, 6) is -1.68. The molecule has 2 saturated heterocycles. The molecule has 0 bridgehead atoms. The minimum absolute atomic E-state index is 0.0460. The Kier molecular flexibility index (Phi) is 8.19. The molecule has 178 valence electrons. The van der Waals surface area contributed by atoms with Crippen LogP contribution in [0.3, 0.4) is 0 Å². The average molecular weight is 492 g/mol. The SMILES string of the molecule is CC(=O)O[C@@H]1[C@H](OC(C)=O)[C@@H](COP(=O)(O)OP(=O)(O)O)O[C@H]1N1CCC(O)NC1=O. The number of phosphoric acid groups is 2. The van der Waals surface area contributed by atoms with E-state index in [1.807, 2.05) is 0 Å². The third kappa shape index (κ3) is 7.49. The van der Waals surface area contributed by atoms with E-state index in [9.17, 15) is 33.5 Å². The van der Waals surface area contributed by atoms with Crippen LogP contribution in [0.25, 0.3) is 0 Å². The number of nitrogens with one attached hydrogen (secondary N) is 1. The van der Waals surface area contributed by atoms with Crippen molar-refractivity contribution >= 4 is 33.6 Å². The highest BCUT2D eigenvalue weighted by Gasteiger charge is 2.53. The second-order valence-electron chi connectivity index (χ2n) is 6.50. The third-order valence-corrected chi connectivity index (χ3v) is 6.15. The minimum Gasteiger partial charge on any atom is -0.456 e. The summed E-state index contributed by atoms with van der Waals surface area (Å²) in [4.78, 5) is 63.2. The van der Waals surface area contributed by atoms with Crippen molar-refractivity contribution in [2.75, 3.05) is 13.2 Å². The van der Waals surface area contributed by atoms with Gasteiger partial charge in [0.05, 0.1) is 6.61 Å². The molecule has 31 heavy (non-hydrogen) atoms. The third-order valence-electron chi connectivity index (χ3n) is 4.00. The number of nitrogens with zero attached hydrogens (tertiary/aromatic N) is 1.